The molecular formula is C25H25N3O2. The van der Waals surface area contributed by atoms with Crippen molar-refractivity contribution < 1.29 is 9.59 Å². The zero-order valence-corrected chi connectivity index (χ0v) is 17.0. The van der Waals surface area contributed by atoms with Crippen molar-refractivity contribution in [2.24, 2.45) is 0 Å². The Hall–Kier alpha value is -3.05. The van der Waals surface area contributed by atoms with Crippen LogP contribution in [0.1, 0.15) is 52.1 Å². The summed E-state index contributed by atoms with van der Waals surface area (Å²) in [5.41, 5.74) is 3.49. The summed E-state index contributed by atoms with van der Waals surface area (Å²) in [4.78, 5) is 32.8. The topological polar surface area (TPSA) is 62.3 Å². The number of hydrogen-bond acceptors (Lipinski definition) is 4. The number of aromatic nitrogens is 1. The molecule has 1 aliphatic carbocycles. The number of likely N-dealkylation sites (tertiary alicyclic amines) is 1. The molecule has 0 bridgehead atoms. The predicted octanol–water partition coefficient (Wildman–Crippen LogP) is 4.05. The van der Waals surface area contributed by atoms with E-state index in [2.05, 4.69) is 15.2 Å². The maximum atomic E-state index is 13.0. The van der Waals surface area contributed by atoms with Gasteiger partial charge in [-0.2, -0.15) is 0 Å². The average molecular weight is 399 g/mol. The van der Waals surface area contributed by atoms with Crippen molar-refractivity contribution in [3.8, 4) is 11.1 Å². The van der Waals surface area contributed by atoms with Crippen LogP contribution in [0.25, 0.3) is 21.9 Å². The number of fused-ring (bicyclic) bond motifs is 2. The van der Waals surface area contributed by atoms with Crippen molar-refractivity contribution in [2.75, 3.05) is 26.2 Å². The SMILES string of the molecule is O=C(NCCCN1CCCCC1)c1cnc2c3c(cccc13)-c1ccccc1C2=O. The van der Waals surface area contributed by atoms with E-state index in [0.29, 0.717) is 23.4 Å². The summed E-state index contributed by atoms with van der Waals surface area (Å²) in [6.45, 7) is 4.00. The second-order valence-corrected chi connectivity index (χ2v) is 8.14. The van der Waals surface area contributed by atoms with Crippen LogP contribution < -0.4 is 5.32 Å². The smallest absolute Gasteiger partial charge is 0.253 e. The quantitative estimate of drug-likeness (QED) is 0.514. The number of carbonyl (C=O) groups excluding carboxylic acids is 2. The first-order valence-corrected chi connectivity index (χ1v) is 10.8. The van der Waals surface area contributed by atoms with Crippen molar-refractivity contribution in [3.05, 3.63) is 65.5 Å². The zero-order chi connectivity index (χ0) is 20.5. The Labute approximate surface area is 176 Å². The number of ketones is 1. The molecule has 0 atom stereocenters. The van der Waals surface area contributed by atoms with E-state index >= 15 is 0 Å². The normalized spacial score (nSPS) is 15.8. The Kier molecular flexibility index (Phi) is 5.05. The van der Waals surface area contributed by atoms with Crippen LogP contribution in [0.15, 0.2) is 48.7 Å². The number of benzene rings is 2. The van der Waals surface area contributed by atoms with Crippen LogP contribution >= 0.6 is 0 Å². The van der Waals surface area contributed by atoms with Crippen molar-refractivity contribution >= 4 is 22.5 Å². The van der Waals surface area contributed by atoms with Crippen molar-refractivity contribution in [3.63, 3.8) is 0 Å². The maximum absolute atomic E-state index is 13.0. The molecule has 1 fully saturated rings. The summed E-state index contributed by atoms with van der Waals surface area (Å²) < 4.78 is 0. The number of nitrogens with zero attached hydrogens (tertiary/aromatic N) is 2. The van der Waals surface area contributed by atoms with E-state index in [4.69, 9.17) is 0 Å². The number of amides is 1. The molecule has 30 heavy (non-hydrogen) atoms. The number of rotatable bonds is 5. The van der Waals surface area contributed by atoms with Crippen molar-refractivity contribution in [1.29, 1.82) is 0 Å². The molecule has 1 aliphatic heterocycles. The third-order valence-electron chi connectivity index (χ3n) is 6.22. The van der Waals surface area contributed by atoms with Crippen LogP contribution in [-0.4, -0.2) is 47.8 Å². The van der Waals surface area contributed by atoms with Crippen molar-refractivity contribution in [1.82, 2.24) is 15.2 Å². The molecule has 5 heteroatoms. The minimum Gasteiger partial charge on any atom is -0.352 e. The molecule has 0 saturated carbocycles. The molecule has 1 amide bonds. The molecule has 3 aromatic rings. The number of nitrogens with one attached hydrogen (secondary N) is 1. The van der Waals surface area contributed by atoms with Gasteiger partial charge in [0.25, 0.3) is 5.91 Å². The monoisotopic (exact) mass is 399 g/mol. The van der Waals surface area contributed by atoms with Gasteiger partial charge in [0, 0.05) is 23.7 Å². The molecule has 2 aromatic carbocycles. The standard InChI is InChI=1S/C25H25N3O2/c29-24-20-9-3-2-8-17(20)18-10-6-11-19-21(16-27-23(24)22(18)19)25(30)26-12-7-15-28-13-4-1-5-14-28/h2-3,6,8-11,16H,1,4-5,7,12-15H2,(H,26,30). The largest absolute Gasteiger partial charge is 0.352 e. The minimum atomic E-state index is -0.129. The number of hydrogen-bond donors (Lipinski definition) is 1. The fourth-order valence-corrected chi connectivity index (χ4v) is 4.70. The van der Waals surface area contributed by atoms with Crippen molar-refractivity contribution in [2.45, 2.75) is 25.7 Å². The highest BCUT2D eigenvalue weighted by Gasteiger charge is 2.27. The van der Waals surface area contributed by atoms with E-state index in [1.165, 1.54) is 32.4 Å². The van der Waals surface area contributed by atoms with Gasteiger partial charge in [0.2, 0.25) is 5.78 Å². The van der Waals surface area contributed by atoms with E-state index in [1.807, 2.05) is 42.5 Å². The van der Waals surface area contributed by atoms with Crippen LogP contribution in [-0.2, 0) is 0 Å². The molecule has 1 aromatic heterocycles. The maximum Gasteiger partial charge on any atom is 0.253 e. The Morgan fingerprint density at radius 3 is 2.57 bits per heavy atom. The lowest BCUT2D eigenvalue weighted by Crippen LogP contribution is -2.33. The first-order valence-electron chi connectivity index (χ1n) is 10.8. The second-order valence-electron chi connectivity index (χ2n) is 8.14. The average Bonchev–Trinajstić information content (AvgIpc) is 2.80. The summed E-state index contributed by atoms with van der Waals surface area (Å²) in [6, 6.07) is 13.5. The molecule has 0 spiro atoms. The van der Waals surface area contributed by atoms with Gasteiger partial charge in [0.1, 0.15) is 5.69 Å². The van der Waals surface area contributed by atoms with Gasteiger partial charge in [-0.25, -0.2) is 0 Å². The Morgan fingerprint density at radius 1 is 0.967 bits per heavy atom. The molecule has 1 N–H and O–H groups in total. The molecule has 5 rings (SSSR count). The molecule has 2 heterocycles. The first kappa shape index (κ1) is 18.9. The highest BCUT2D eigenvalue weighted by molar-refractivity contribution is 6.26. The number of pyridine rings is 1. The molecule has 0 unspecified atom stereocenters. The highest BCUT2D eigenvalue weighted by Crippen LogP contribution is 2.39. The highest BCUT2D eigenvalue weighted by atomic mass is 16.1. The van der Waals surface area contributed by atoms with Gasteiger partial charge in [-0.3, -0.25) is 14.6 Å². The number of piperidine rings is 1. The number of carbonyl (C=O) groups is 2. The summed E-state index contributed by atoms with van der Waals surface area (Å²) in [7, 11) is 0. The van der Waals surface area contributed by atoms with Gasteiger partial charge in [-0.15, -0.1) is 0 Å². The third kappa shape index (κ3) is 3.29. The lowest BCUT2D eigenvalue weighted by molar-refractivity contribution is 0.0950. The van der Waals surface area contributed by atoms with Gasteiger partial charge in [0.15, 0.2) is 0 Å². The fourth-order valence-electron chi connectivity index (χ4n) is 4.70. The summed E-state index contributed by atoms with van der Waals surface area (Å²) in [6.07, 6.45) is 6.37. The van der Waals surface area contributed by atoms with Crippen LogP contribution in [0.3, 0.4) is 0 Å². The summed E-state index contributed by atoms with van der Waals surface area (Å²) >= 11 is 0. The molecule has 152 valence electrons. The van der Waals surface area contributed by atoms with E-state index in [-0.39, 0.29) is 11.7 Å². The van der Waals surface area contributed by atoms with E-state index < -0.39 is 0 Å². The second kappa shape index (κ2) is 8.00. The van der Waals surface area contributed by atoms with Gasteiger partial charge >= 0.3 is 0 Å². The third-order valence-corrected chi connectivity index (χ3v) is 6.22. The van der Waals surface area contributed by atoms with Gasteiger partial charge in [-0.1, -0.05) is 48.9 Å². The summed E-state index contributed by atoms with van der Waals surface area (Å²) in [5.74, 6) is -0.209. The van der Waals surface area contributed by atoms with E-state index in [0.717, 1.165) is 34.9 Å². The first-order chi connectivity index (χ1) is 14.7. The van der Waals surface area contributed by atoms with Gasteiger partial charge < -0.3 is 10.2 Å². The molecule has 0 radical (unpaired) electrons. The molecule has 5 nitrogen and oxygen atoms in total. The van der Waals surface area contributed by atoms with Gasteiger partial charge in [0.05, 0.1) is 5.56 Å². The fraction of sp³-hybridized carbons (Fsp3) is 0.320. The lowest BCUT2D eigenvalue weighted by atomic mass is 9.84. The van der Waals surface area contributed by atoms with Crippen LogP contribution in [0.4, 0.5) is 0 Å². The van der Waals surface area contributed by atoms with E-state index in [9.17, 15) is 9.59 Å². The Morgan fingerprint density at radius 2 is 1.73 bits per heavy atom. The van der Waals surface area contributed by atoms with Crippen LogP contribution in [0.2, 0.25) is 0 Å². The van der Waals surface area contributed by atoms with Crippen LogP contribution in [0, 0.1) is 0 Å². The van der Waals surface area contributed by atoms with Crippen LogP contribution in [0.5, 0.6) is 0 Å². The Bertz CT molecular complexity index is 1130. The Balaban J connectivity index is 1.39. The summed E-state index contributed by atoms with van der Waals surface area (Å²) in [5, 5.41) is 4.61. The predicted molar refractivity (Wildman–Crippen MR) is 118 cm³/mol. The molecule has 2 aliphatic rings. The van der Waals surface area contributed by atoms with E-state index in [1.54, 1.807) is 6.20 Å². The zero-order valence-electron chi connectivity index (χ0n) is 17.0. The lowest BCUT2D eigenvalue weighted by Gasteiger charge is -2.26. The minimum absolute atomic E-state index is 0.0808. The molecule has 1 saturated heterocycles. The molecular weight excluding hydrogens is 374 g/mol. The van der Waals surface area contributed by atoms with Gasteiger partial charge in [-0.05, 0) is 55.4 Å².